The minimum Gasteiger partial charge on any atom is -0.465 e. The molecule has 0 unspecified atom stereocenters. The second-order valence-electron chi connectivity index (χ2n) is 7.28. The van der Waals surface area contributed by atoms with E-state index in [-0.39, 0.29) is 25.1 Å². The monoisotopic (exact) mass is 489 g/mol. The number of hydrogen-bond acceptors (Lipinski definition) is 5. The summed E-state index contributed by atoms with van der Waals surface area (Å²) in [6.45, 7) is 11.3. The first-order valence-electron chi connectivity index (χ1n) is 9.91. The maximum absolute atomic E-state index is 12.7. The molecular weight excluding hydrogens is 462 g/mol. The number of benzene rings is 1. The van der Waals surface area contributed by atoms with Crippen molar-refractivity contribution in [2.24, 2.45) is 0 Å². The van der Waals surface area contributed by atoms with Crippen LogP contribution in [-0.4, -0.2) is 39.7 Å². The van der Waals surface area contributed by atoms with Crippen molar-refractivity contribution in [2.45, 2.75) is 39.7 Å². The number of hydrogen-bond donors (Lipinski definition) is 0. The van der Waals surface area contributed by atoms with Gasteiger partial charge in [-0.2, -0.15) is 5.06 Å². The Morgan fingerprint density at radius 3 is 2.55 bits per heavy atom. The minimum atomic E-state index is -1.01. The Balaban J connectivity index is 2.56. The Morgan fingerprint density at radius 2 is 1.97 bits per heavy atom. The number of aromatic nitrogens is 2. The number of esters is 1. The molecule has 0 atom stereocenters. The fraction of sp³-hybridized carbons (Fsp3) is 0.348. The van der Waals surface area contributed by atoms with E-state index in [0.29, 0.717) is 22.7 Å². The highest BCUT2D eigenvalue weighted by Crippen LogP contribution is 2.31. The largest absolute Gasteiger partial charge is 0.465 e. The minimum absolute atomic E-state index is 0.179. The quantitative estimate of drug-likeness (QED) is 0.279. The highest BCUT2D eigenvalue weighted by atomic mass is 79.9. The number of halogens is 1. The highest BCUT2D eigenvalue weighted by molar-refractivity contribution is 9.10. The van der Waals surface area contributed by atoms with E-state index in [9.17, 15) is 9.59 Å². The normalized spacial score (nSPS) is 11.5. The van der Waals surface area contributed by atoms with Gasteiger partial charge in [-0.3, -0.25) is 14.4 Å². The number of carbonyl (C=O) groups excluding carboxylic acids is 2. The summed E-state index contributed by atoms with van der Waals surface area (Å²) in [5.74, 6) is -0.676. The number of amides is 1. The first-order chi connectivity index (χ1) is 14.7. The Bertz CT molecular complexity index is 951. The van der Waals surface area contributed by atoms with Crippen molar-refractivity contribution in [3.05, 3.63) is 70.9 Å². The molecule has 1 amide bonds. The van der Waals surface area contributed by atoms with Gasteiger partial charge >= 0.3 is 5.97 Å². The number of rotatable bonds is 10. The van der Waals surface area contributed by atoms with E-state index in [1.54, 1.807) is 32.9 Å². The molecule has 0 saturated heterocycles. The molecule has 31 heavy (non-hydrogen) atoms. The van der Waals surface area contributed by atoms with Gasteiger partial charge in [0.1, 0.15) is 5.41 Å². The fourth-order valence-electron chi connectivity index (χ4n) is 2.90. The summed E-state index contributed by atoms with van der Waals surface area (Å²) in [6.07, 6.45) is 4.78. The molecule has 2 aromatic rings. The summed E-state index contributed by atoms with van der Waals surface area (Å²) in [7, 11) is 0. The van der Waals surface area contributed by atoms with Gasteiger partial charge in [-0.1, -0.05) is 36.4 Å². The predicted octanol–water partition coefficient (Wildman–Crippen LogP) is 4.47. The average molecular weight is 490 g/mol. The number of ether oxygens (including phenoxy) is 1. The summed E-state index contributed by atoms with van der Waals surface area (Å²) in [6, 6.07) is 9.88. The standard InChI is InChI=1S/C23H28BrN3O4/c1-6-15-31-27(17(3)28)14-13-19-20(23(4,5)21(29)30-7-2)25-22(24)26(19)16-18-11-9-8-10-12-18/h6,8-14H,1,7,15-16H2,2-5H3/b14-13+. The third-order valence-corrected chi connectivity index (χ3v) is 5.14. The fourth-order valence-corrected chi connectivity index (χ4v) is 3.39. The zero-order valence-corrected chi connectivity index (χ0v) is 19.9. The summed E-state index contributed by atoms with van der Waals surface area (Å²) in [5, 5.41) is 1.12. The zero-order valence-electron chi connectivity index (χ0n) is 18.3. The number of nitrogens with zero attached hydrogens (tertiary/aromatic N) is 3. The Hall–Kier alpha value is -2.71. The van der Waals surface area contributed by atoms with Gasteiger partial charge in [-0.25, -0.2) is 4.98 Å². The van der Waals surface area contributed by atoms with Gasteiger partial charge in [0.2, 0.25) is 5.91 Å². The molecule has 8 heteroatoms. The van der Waals surface area contributed by atoms with Crippen LogP contribution in [0.1, 0.15) is 44.6 Å². The van der Waals surface area contributed by atoms with Gasteiger partial charge in [-0.05, 0) is 48.3 Å². The molecule has 0 bridgehead atoms. The van der Waals surface area contributed by atoms with Crippen LogP contribution in [0, 0.1) is 0 Å². The number of carbonyl (C=O) groups is 2. The van der Waals surface area contributed by atoms with Crippen molar-refractivity contribution >= 4 is 33.9 Å². The molecule has 0 aliphatic rings. The summed E-state index contributed by atoms with van der Waals surface area (Å²) in [4.78, 5) is 34.6. The summed E-state index contributed by atoms with van der Waals surface area (Å²) >= 11 is 3.52. The van der Waals surface area contributed by atoms with Crippen LogP contribution in [0.25, 0.3) is 6.08 Å². The second kappa shape index (κ2) is 11.1. The molecule has 1 heterocycles. The Morgan fingerprint density at radius 1 is 1.29 bits per heavy atom. The van der Waals surface area contributed by atoms with Crippen molar-refractivity contribution in [1.82, 2.24) is 14.6 Å². The number of hydroxylamine groups is 2. The van der Waals surface area contributed by atoms with E-state index in [2.05, 4.69) is 27.5 Å². The predicted molar refractivity (Wildman–Crippen MR) is 123 cm³/mol. The van der Waals surface area contributed by atoms with Crippen LogP contribution in [0.5, 0.6) is 0 Å². The SMILES string of the molecule is C=CCON(/C=C/c1c(C(C)(C)C(=O)OCC)nc(Br)n1Cc1ccccc1)C(C)=O. The van der Waals surface area contributed by atoms with Crippen LogP contribution in [0.15, 0.2) is 53.9 Å². The van der Waals surface area contributed by atoms with Gasteiger partial charge < -0.3 is 9.30 Å². The summed E-state index contributed by atoms with van der Waals surface area (Å²) in [5.41, 5.74) is 1.23. The maximum Gasteiger partial charge on any atom is 0.317 e. The van der Waals surface area contributed by atoms with Crippen molar-refractivity contribution in [3.63, 3.8) is 0 Å². The molecule has 7 nitrogen and oxygen atoms in total. The molecule has 1 aromatic carbocycles. The number of imidazole rings is 1. The Labute approximate surface area is 191 Å². The average Bonchev–Trinajstić information content (AvgIpc) is 3.05. The molecule has 166 valence electrons. The molecule has 0 fully saturated rings. The topological polar surface area (TPSA) is 73.7 Å². The Kier molecular flexibility index (Phi) is 8.76. The van der Waals surface area contributed by atoms with Crippen molar-refractivity contribution in [3.8, 4) is 0 Å². The molecular formula is C23H28BrN3O4. The third kappa shape index (κ3) is 6.15. The molecule has 0 aliphatic heterocycles. The smallest absolute Gasteiger partial charge is 0.317 e. The third-order valence-electron chi connectivity index (χ3n) is 4.53. The van der Waals surface area contributed by atoms with Crippen LogP contribution in [0.4, 0.5) is 0 Å². The van der Waals surface area contributed by atoms with Crippen molar-refractivity contribution in [2.75, 3.05) is 13.2 Å². The molecule has 0 aliphatic carbocycles. The summed E-state index contributed by atoms with van der Waals surface area (Å²) < 4.78 is 7.76. The highest BCUT2D eigenvalue weighted by Gasteiger charge is 2.37. The van der Waals surface area contributed by atoms with Gasteiger partial charge in [0.15, 0.2) is 4.73 Å². The van der Waals surface area contributed by atoms with Gasteiger partial charge in [-0.15, -0.1) is 6.58 Å². The maximum atomic E-state index is 12.7. The molecule has 0 N–H and O–H groups in total. The molecule has 2 rings (SSSR count). The van der Waals surface area contributed by atoms with Gasteiger partial charge in [0.05, 0.1) is 31.1 Å². The van der Waals surface area contributed by atoms with E-state index in [1.165, 1.54) is 13.1 Å². The lowest BCUT2D eigenvalue weighted by molar-refractivity contribution is -0.164. The molecule has 0 saturated carbocycles. The lowest BCUT2D eigenvalue weighted by atomic mass is 9.88. The molecule has 0 radical (unpaired) electrons. The van der Waals surface area contributed by atoms with E-state index >= 15 is 0 Å². The van der Waals surface area contributed by atoms with Crippen molar-refractivity contribution in [1.29, 1.82) is 0 Å². The van der Waals surface area contributed by atoms with Crippen LogP contribution in [0.3, 0.4) is 0 Å². The van der Waals surface area contributed by atoms with Crippen LogP contribution in [-0.2, 0) is 31.1 Å². The first kappa shape index (κ1) is 24.6. The second-order valence-corrected chi connectivity index (χ2v) is 7.99. The molecule has 1 aromatic heterocycles. The van der Waals surface area contributed by atoms with Gasteiger partial charge in [0, 0.05) is 13.1 Å². The van der Waals surface area contributed by atoms with E-state index in [4.69, 9.17) is 9.57 Å². The van der Waals surface area contributed by atoms with Crippen LogP contribution in [0.2, 0.25) is 0 Å². The molecule has 0 spiro atoms. The van der Waals surface area contributed by atoms with Crippen LogP contribution >= 0.6 is 15.9 Å². The zero-order chi connectivity index (χ0) is 23.0. The van der Waals surface area contributed by atoms with Crippen LogP contribution < -0.4 is 0 Å². The first-order valence-corrected chi connectivity index (χ1v) is 10.7. The van der Waals surface area contributed by atoms with E-state index < -0.39 is 5.41 Å². The van der Waals surface area contributed by atoms with E-state index in [1.807, 2.05) is 34.9 Å². The van der Waals surface area contributed by atoms with Gasteiger partial charge in [0.25, 0.3) is 0 Å². The van der Waals surface area contributed by atoms with E-state index in [0.717, 1.165) is 10.6 Å². The lowest BCUT2D eigenvalue weighted by Crippen LogP contribution is -2.32. The lowest BCUT2D eigenvalue weighted by Gasteiger charge is -2.22. The van der Waals surface area contributed by atoms with Crippen molar-refractivity contribution < 1.29 is 19.2 Å².